The molecular formula is C18H23N3O6S. The summed E-state index contributed by atoms with van der Waals surface area (Å²) in [6, 6.07) is 5.42. The summed E-state index contributed by atoms with van der Waals surface area (Å²) in [5.41, 5.74) is 0.870. The molecule has 0 unspecified atom stereocenters. The first-order valence-electron chi connectivity index (χ1n) is 9.02. The van der Waals surface area contributed by atoms with Gasteiger partial charge in [0.25, 0.3) is 5.91 Å². The highest BCUT2D eigenvalue weighted by Crippen LogP contribution is 2.19. The third-order valence-corrected chi connectivity index (χ3v) is 6.66. The van der Waals surface area contributed by atoms with E-state index in [0.29, 0.717) is 18.6 Å². The average molecular weight is 409 g/mol. The molecule has 2 saturated heterocycles. The largest absolute Gasteiger partial charge is 0.496 e. The predicted octanol–water partition coefficient (Wildman–Crippen LogP) is -0.148. The zero-order chi connectivity index (χ0) is 20.3. The molecule has 2 N–H and O–H groups in total. The molecule has 0 aromatic heterocycles. The first kappa shape index (κ1) is 20.1. The van der Waals surface area contributed by atoms with Crippen molar-refractivity contribution < 1.29 is 27.5 Å². The first-order valence-corrected chi connectivity index (χ1v) is 10.8. The predicted molar refractivity (Wildman–Crippen MR) is 101 cm³/mol. The molecule has 28 heavy (non-hydrogen) atoms. The van der Waals surface area contributed by atoms with Gasteiger partial charge in [-0.3, -0.25) is 14.5 Å². The van der Waals surface area contributed by atoms with Gasteiger partial charge in [-0.1, -0.05) is 18.2 Å². The third-order valence-electron chi connectivity index (χ3n) is 4.89. The minimum atomic E-state index is -3.11. The lowest BCUT2D eigenvalue weighted by Gasteiger charge is -2.15. The second-order valence-corrected chi connectivity index (χ2v) is 9.15. The van der Waals surface area contributed by atoms with E-state index in [4.69, 9.17) is 4.74 Å². The minimum Gasteiger partial charge on any atom is -0.496 e. The van der Waals surface area contributed by atoms with Gasteiger partial charge in [-0.25, -0.2) is 13.2 Å². The molecule has 3 rings (SSSR count). The Kier molecular flexibility index (Phi) is 5.87. The van der Waals surface area contributed by atoms with E-state index in [-0.39, 0.29) is 24.5 Å². The number of urea groups is 1. The molecule has 0 bridgehead atoms. The van der Waals surface area contributed by atoms with Crippen molar-refractivity contribution in [2.24, 2.45) is 0 Å². The second-order valence-electron chi connectivity index (χ2n) is 6.93. The molecule has 0 saturated carbocycles. The van der Waals surface area contributed by atoms with Crippen LogP contribution in [0.25, 0.3) is 0 Å². The number of nitrogens with zero attached hydrogens (tertiary/aromatic N) is 1. The van der Waals surface area contributed by atoms with Crippen molar-refractivity contribution in [3.05, 3.63) is 29.8 Å². The molecule has 2 aliphatic heterocycles. The SMILES string of the molecule is COc1ccccc1CCN1C(=O)N[C@@H](CC(=O)N[C@H]2CCS(=O)(=O)C2)C1=O. The molecule has 0 aliphatic carbocycles. The Hall–Kier alpha value is -2.62. The number of benzene rings is 1. The molecule has 0 spiro atoms. The summed E-state index contributed by atoms with van der Waals surface area (Å²) in [5, 5.41) is 5.15. The molecule has 2 fully saturated rings. The van der Waals surface area contributed by atoms with Crippen LogP contribution in [-0.2, 0) is 25.8 Å². The van der Waals surface area contributed by atoms with Gasteiger partial charge < -0.3 is 15.4 Å². The van der Waals surface area contributed by atoms with Crippen LogP contribution < -0.4 is 15.4 Å². The smallest absolute Gasteiger partial charge is 0.324 e. The lowest BCUT2D eigenvalue weighted by atomic mass is 10.1. The zero-order valence-corrected chi connectivity index (χ0v) is 16.3. The Labute approximate surface area is 163 Å². The lowest BCUT2D eigenvalue weighted by molar-refractivity contribution is -0.131. The van der Waals surface area contributed by atoms with Gasteiger partial charge in [0.2, 0.25) is 5.91 Å². The average Bonchev–Trinajstić information content (AvgIpc) is 3.11. The van der Waals surface area contributed by atoms with Gasteiger partial charge in [0.15, 0.2) is 9.84 Å². The van der Waals surface area contributed by atoms with E-state index < -0.39 is 39.8 Å². The summed E-state index contributed by atoms with van der Waals surface area (Å²) in [4.78, 5) is 37.9. The second kappa shape index (κ2) is 8.17. The number of ether oxygens (including phenoxy) is 1. The zero-order valence-electron chi connectivity index (χ0n) is 15.5. The van der Waals surface area contributed by atoms with Crippen LogP contribution >= 0.6 is 0 Å². The van der Waals surface area contributed by atoms with Crippen LogP contribution in [0, 0.1) is 0 Å². The van der Waals surface area contributed by atoms with Crippen molar-refractivity contribution in [1.82, 2.24) is 15.5 Å². The molecule has 1 aromatic carbocycles. The third kappa shape index (κ3) is 4.61. The molecule has 4 amide bonds. The van der Waals surface area contributed by atoms with E-state index in [1.807, 2.05) is 18.2 Å². The van der Waals surface area contributed by atoms with Crippen molar-refractivity contribution >= 4 is 27.7 Å². The van der Waals surface area contributed by atoms with E-state index in [2.05, 4.69) is 10.6 Å². The summed E-state index contributed by atoms with van der Waals surface area (Å²) in [6.07, 6.45) is 0.582. The summed E-state index contributed by atoms with van der Waals surface area (Å²) in [7, 11) is -1.55. The van der Waals surface area contributed by atoms with Crippen molar-refractivity contribution in [2.45, 2.75) is 31.3 Å². The fourth-order valence-corrected chi connectivity index (χ4v) is 5.12. The van der Waals surface area contributed by atoms with Crippen molar-refractivity contribution in [1.29, 1.82) is 0 Å². The van der Waals surface area contributed by atoms with Gasteiger partial charge >= 0.3 is 6.03 Å². The number of nitrogens with one attached hydrogen (secondary N) is 2. The standard InChI is InChI=1S/C18H23N3O6S/c1-27-15-5-3-2-4-12(15)6-8-21-17(23)14(20-18(21)24)10-16(22)19-13-7-9-28(25,26)11-13/h2-5,13-14H,6-11H2,1H3,(H,19,22)(H,20,24)/t13-,14-/m0/s1. The number of hydrogen-bond donors (Lipinski definition) is 2. The van der Waals surface area contributed by atoms with Crippen molar-refractivity contribution in [3.63, 3.8) is 0 Å². The molecule has 10 heteroatoms. The number of para-hydroxylation sites is 1. The first-order chi connectivity index (χ1) is 13.3. The Bertz CT molecular complexity index is 885. The van der Waals surface area contributed by atoms with Crippen LogP contribution in [-0.4, -0.2) is 68.4 Å². The lowest BCUT2D eigenvalue weighted by Crippen LogP contribution is -2.41. The topological polar surface area (TPSA) is 122 Å². The number of sulfone groups is 1. The Morgan fingerprint density at radius 2 is 2.07 bits per heavy atom. The summed E-state index contributed by atoms with van der Waals surface area (Å²) >= 11 is 0. The molecule has 2 aliphatic rings. The maximum absolute atomic E-state index is 12.5. The van der Waals surface area contributed by atoms with E-state index in [0.717, 1.165) is 10.5 Å². The van der Waals surface area contributed by atoms with Gasteiger partial charge in [0.1, 0.15) is 11.8 Å². The molecule has 152 valence electrons. The maximum Gasteiger partial charge on any atom is 0.324 e. The Balaban J connectivity index is 1.53. The van der Waals surface area contributed by atoms with Crippen LogP contribution in [0.4, 0.5) is 4.79 Å². The van der Waals surface area contributed by atoms with Crippen LogP contribution in [0.3, 0.4) is 0 Å². The van der Waals surface area contributed by atoms with Gasteiger partial charge in [0.05, 0.1) is 25.0 Å². The molecular weight excluding hydrogens is 386 g/mol. The highest BCUT2D eigenvalue weighted by atomic mass is 32.2. The van der Waals surface area contributed by atoms with Crippen molar-refractivity contribution in [2.75, 3.05) is 25.2 Å². The Morgan fingerprint density at radius 1 is 1.32 bits per heavy atom. The van der Waals surface area contributed by atoms with Crippen LogP contribution in [0.15, 0.2) is 24.3 Å². The fraction of sp³-hybridized carbons (Fsp3) is 0.500. The number of hydrogen-bond acceptors (Lipinski definition) is 6. The molecule has 2 atom stereocenters. The number of amides is 4. The maximum atomic E-state index is 12.5. The number of rotatable bonds is 7. The van der Waals surface area contributed by atoms with Crippen molar-refractivity contribution in [3.8, 4) is 5.75 Å². The number of imide groups is 1. The minimum absolute atomic E-state index is 0.0494. The molecule has 0 radical (unpaired) electrons. The van der Waals surface area contributed by atoms with Crippen LogP contribution in [0.2, 0.25) is 0 Å². The summed E-state index contributed by atoms with van der Waals surface area (Å²) < 4.78 is 28.2. The number of carbonyl (C=O) groups is 3. The van der Waals surface area contributed by atoms with Gasteiger partial charge in [0, 0.05) is 12.6 Å². The van der Waals surface area contributed by atoms with Gasteiger partial charge in [-0.2, -0.15) is 0 Å². The number of carbonyl (C=O) groups excluding carboxylic acids is 3. The van der Waals surface area contributed by atoms with Gasteiger partial charge in [-0.15, -0.1) is 0 Å². The van der Waals surface area contributed by atoms with Gasteiger partial charge in [-0.05, 0) is 24.5 Å². The van der Waals surface area contributed by atoms with E-state index in [1.54, 1.807) is 13.2 Å². The summed E-state index contributed by atoms with van der Waals surface area (Å²) in [6.45, 7) is 0.171. The van der Waals surface area contributed by atoms with Crippen LogP contribution in [0.5, 0.6) is 5.75 Å². The molecule has 1 aromatic rings. The van der Waals surface area contributed by atoms with E-state index in [1.165, 1.54) is 0 Å². The normalized spacial score (nSPS) is 23.5. The fourth-order valence-electron chi connectivity index (χ4n) is 3.45. The highest BCUT2D eigenvalue weighted by Gasteiger charge is 2.39. The molecule has 2 heterocycles. The van der Waals surface area contributed by atoms with E-state index in [9.17, 15) is 22.8 Å². The molecule has 9 nitrogen and oxygen atoms in total. The van der Waals surface area contributed by atoms with Crippen LogP contribution in [0.1, 0.15) is 18.4 Å². The summed E-state index contributed by atoms with van der Waals surface area (Å²) in [5.74, 6) is -0.277. The Morgan fingerprint density at radius 3 is 2.75 bits per heavy atom. The monoisotopic (exact) mass is 409 g/mol. The highest BCUT2D eigenvalue weighted by molar-refractivity contribution is 7.91. The number of methoxy groups -OCH3 is 1. The van der Waals surface area contributed by atoms with E-state index >= 15 is 0 Å². The quantitative estimate of drug-likeness (QED) is 0.604.